The SMILES string of the molecule is CCn1cnnc1CNS(=O)(=O)c1ccnc(Cl)c1. The summed E-state index contributed by atoms with van der Waals surface area (Å²) < 4.78 is 28.2. The first kappa shape index (κ1) is 13.9. The molecule has 0 amide bonds. The third kappa shape index (κ3) is 3.28. The molecular weight excluding hydrogens is 290 g/mol. The van der Waals surface area contributed by atoms with Crippen molar-refractivity contribution in [2.75, 3.05) is 0 Å². The minimum absolute atomic E-state index is 0.0649. The fourth-order valence-corrected chi connectivity index (χ4v) is 2.71. The van der Waals surface area contributed by atoms with Gasteiger partial charge < -0.3 is 4.57 Å². The van der Waals surface area contributed by atoms with Crippen LogP contribution in [-0.4, -0.2) is 28.2 Å². The first-order valence-corrected chi connectivity index (χ1v) is 7.37. The van der Waals surface area contributed by atoms with E-state index in [0.717, 1.165) is 0 Å². The number of hydrogen-bond acceptors (Lipinski definition) is 5. The van der Waals surface area contributed by atoms with E-state index in [9.17, 15) is 8.42 Å². The number of halogens is 1. The van der Waals surface area contributed by atoms with E-state index in [2.05, 4.69) is 19.9 Å². The first-order chi connectivity index (χ1) is 9.03. The molecule has 2 aromatic rings. The number of sulfonamides is 1. The van der Waals surface area contributed by atoms with Crippen molar-refractivity contribution in [3.05, 3.63) is 35.6 Å². The summed E-state index contributed by atoms with van der Waals surface area (Å²) in [6, 6.07) is 2.66. The monoisotopic (exact) mass is 301 g/mol. The Balaban J connectivity index is 2.14. The highest BCUT2D eigenvalue weighted by molar-refractivity contribution is 7.89. The maximum atomic E-state index is 12.0. The average Bonchev–Trinajstić information content (AvgIpc) is 2.84. The van der Waals surface area contributed by atoms with Crippen molar-refractivity contribution in [1.29, 1.82) is 0 Å². The highest BCUT2D eigenvalue weighted by Crippen LogP contribution is 2.12. The summed E-state index contributed by atoms with van der Waals surface area (Å²) in [5.41, 5.74) is 0. The Kier molecular flexibility index (Phi) is 4.13. The van der Waals surface area contributed by atoms with Crippen LogP contribution < -0.4 is 4.72 Å². The van der Waals surface area contributed by atoms with E-state index < -0.39 is 10.0 Å². The zero-order chi connectivity index (χ0) is 13.9. The summed E-state index contributed by atoms with van der Waals surface area (Å²) in [6.45, 7) is 2.66. The molecule has 0 bridgehead atoms. The molecule has 0 spiro atoms. The number of pyridine rings is 1. The van der Waals surface area contributed by atoms with Crippen LogP contribution >= 0.6 is 11.6 Å². The third-order valence-corrected chi connectivity index (χ3v) is 4.07. The minimum atomic E-state index is -3.64. The second kappa shape index (κ2) is 5.64. The van der Waals surface area contributed by atoms with Gasteiger partial charge in [-0.05, 0) is 19.1 Å². The summed E-state index contributed by atoms with van der Waals surface area (Å²) in [7, 11) is -3.64. The topological polar surface area (TPSA) is 89.8 Å². The Morgan fingerprint density at radius 3 is 2.95 bits per heavy atom. The second-order valence-corrected chi connectivity index (χ2v) is 5.83. The van der Waals surface area contributed by atoms with Crippen molar-refractivity contribution in [2.45, 2.75) is 24.9 Å². The molecule has 1 N–H and O–H groups in total. The lowest BCUT2D eigenvalue weighted by Crippen LogP contribution is -2.25. The number of nitrogens with zero attached hydrogens (tertiary/aromatic N) is 4. The van der Waals surface area contributed by atoms with Crippen LogP contribution in [0.2, 0.25) is 5.15 Å². The molecular formula is C10H12ClN5O2S. The molecule has 0 fully saturated rings. The summed E-state index contributed by atoms with van der Waals surface area (Å²) in [5.74, 6) is 0.547. The summed E-state index contributed by atoms with van der Waals surface area (Å²) in [5, 5.41) is 7.70. The lowest BCUT2D eigenvalue weighted by atomic mass is 10.5. The number of aryl methyl sites for hydroxylation is 1. The molecule has 0 saturated carbocycles. The highest BCUT2D eigenvalue weighted by atomic mass is 35.5. The molecule has 7 nitrogen and oxygen atoms in total. The van der Waals surface area contributed by atoms with E-state index in [-0.39, 0.29) is 16.6 Å². The van der Waals surface area contributed by atoms with Gasteiger partial charge in [-0.15, -0.1) is 10.2 Å². The van der Waals surface area contributed by atoms with Gasteiger partial charge in [0.2, 0.25) is 10.0 Å². The maximum Gasteiger partial charge on any atom is 0.241 e. The molecule has 19 heavy (non-hydrogen) atoms. The zero-order valence-corrected chi connectivity index (χ0v) is 11.7. The van der Waals surface area contributed by atoms with Gasteiger partial charge in [-0.3, -0.25) is 0 Å². The highest BCUT2D eigenvalue weighted by Gasteiger charge is 2.15. The average molecular weight is 302 g/mol. The molecule has 2 rings (SSSR count). The van der Waals surface area contributed by atoms with Crippen LogP contribution in [0.1, 0.15) is 12.7 Å². The summed E-state index contributed by atoms with van der Waals surface area (Å²) in [4.78, 5) is 3.80. The van der Waals surface area contributed by atoms with Crippen LogP contribution in [0, 0.1) is 0 Å². The van der Waals surface area contributed by atoms with Crippen molar-refractivity contribution in [3.63, 3.8) is 0 Å². The van der Waals surface area contributed by atoms with Crippen molar-refractivity contribution in [2.24, 2.45) is 0 Å². The number of aromatic nitrogens is 4. The van der Waals surface area contributed by atoms with Crippen molar-refractivity contribution >= 4 is 21.6 Å². The Morgan fingerprint density at radius 1 is 1.47 bits per heavy atom. The fraction of sp³-hybridized carbons (Fsp3) is 0.300. The zero-order valence-electron chi connectivity index (χ0n) is 10.1. The second-order valence-electron chi connectivity index (χ2n) is 3.67. The van der Waals surface area contributed by atoms with Crippen LogP contribution in [0.4, 0.5) is 0 Å². The molecule has 2 heterocycles. The summed E-state index contributed by atoms with van der Waals surface area (Å²) >= 11 is 5.67. The molecule has 0 unspecified atom stereocenters. The minimum Gasteiger partial charge on any atom is -0.317 e. The van der Waals surface area contributed by atoms with Gasteiger partial charge >= 0.3 is 0 Å². The maximum absolute atomic E-state index is 12.0. The van der Waals surface area contributed by atoms with Crippen LogP contribution in [0.3, 0.4) is 0 Å². The molecule has 0 aliphatic heterocycles. The molecule has 0 aliphatic rings. The smallest absolute Gasteiger partial charge is 0.241 e. The van der Waals surface area contributed by atoms with Crippen LogP contribution in [0.15, 0.2) is 29.6 Å². The largest absolute Gasteiger partial charge is 0.317 e. The van der Waals surface area contributed by atoms with Gasteiger partial charge in [0.05, 0.1) is 11.4 Å². The Bertz CT molecular complexity index is 670. The Morgan fingerprint density at radius 2 is 2.26 bits per heavy atom. The first-order valence-electron chi connectivity index (χ1n) is 5.51. The Hall–Kier alpha value is -1.51. The van der Waals surface area contributed by atoms with E-state index >= 15 is 0 Å². The predicted octanol–water partition coefficient (Wildman–Crippen LogP) is 0.825. The molecule has 0 aliphatic carbocycles. The van der Waals surface area contributed by atoms with Gasteiger partial charge in [0.25, 0.3) is 0 Å². The van der Waals surface area contributed by atoms with Gasteiger partial charge in [-0.2, -0.15) is 0 Å². The van der Waals surface area contributed by atoms with Crippen molar-refractivity contribution in [1.82, 2.24) is 24.5 Å². The molecule has 0 aromatic carbocycles. The molecule has 0 atom stereocenters. The number of hydrogen-bond donors (Lipinski definition) is 1. The van der Waals surface area contributed by atoms with Gasteiger partial charge in [0.1, 0.15) is 17.3 Å². The third-order valence-electron chi connectivity index (χ3n) is 2.47. The fourth-order valence-electron chi connectivity index (χ4n) is 1.47. The lowest BCUT2D eigenvalue weighted by Gasteiger charge is -2.07. The van der Waals surface area contributed by atoms with E-state index in [4.69, 9.17) is 11.6 Å². The normalized spacial score (nSPS) is 11.7. The number of nitrogens with one attached hydrogen (secondary N) is 1. The number of rotatable bonds is 5. The van der Waals surface area contributed by atoms with E-state index in [1.807, 2.05) is 6.92 Å². The van der Waals surface area contributed by atoms with Gasteiger partial charge in [0.15, 0.2) is 0 Å². The molecule has 9 heteroatoms. The van der Waals surface area contributed by atoms with Crippen molar-refractivity contribution in [3.8, 4) is 0 Å². The summed E-state index contributed by atoms with van der Waals surface area (Å²) in [6.07, 6.45) is 2.89. The molecule has 0 radical (unpaired) electrons. The van der Waals surface area contributed by atoms with Gasteiger partial charge in [-0.25, -0.2) is 18.1 Å². The van der Waals surface area contributed by atoms with Crippen molar-refractivity contribution < 1.29 is 8.42 Å². The Labute approximate surface area is 115 Å². The lowest BCUT2D eigenvalue weighted by molar-refractivity contribution is 0.575. The predicted molar refractivity (Wildman–Crippen MR) is 69.0 cm³/mol. The molecule has 2 aromatic heterocycles. The van der Waals surface area contributed by atoms with Crippen LogP contribution in [-0.2, 0) is 23.1 Å². The standard InChI is InChI=1S/C10H12ClN5O2S/c1-2-16-7-13-15-10(16)6-14-19(17,18)8-3-4-12-9(11)5-8/h3-5,7,14H,2,6H2,1H3. The van der Waals surface area contributed by atoms with Gasteiger partial charge in [-0.1, -0.05) is 11.6 Å². The van der Waals surface area contributed by atoms with Crippen LogP contribution in [0.5, 0.6) is 0 Å². The van der Waals surface area contributed by atoms with E-state index in [1.54, 1.807) is 10.9 Å². The molecule has 0 saturated heterocycles. The molecule has 102 valence electrons. The van der Waals surface area contributed by atoms with Crippen LogP contribution in [0.25, 0.3) is 0 Å². The van der Waals surface area contributed by atoms with E-state index in [1.165, 1.54) is 18.3 Å². The van der Waals surface area contributed by atoms with Gasteiger partial charge in [0, 0.05) is 12.7 Å². The quantitative estimate of drug-likeness (QED) is 0.826. The van der Waals surface area contributed by atoms with E-state index in [0.29, 0.717) is 12.4 Å².